The maximum absolute atomic E-state index is 5.68. The SMILES string of the molecule is CN1CCOC(CNCc2ccc(Br)s2)C1. The van der Waals surface area contributed by atoms with Gasteiger partial charge in [0.25, 0.3) is 0 Å². The summed E-state index contributed by atoms with van der Waals surface area (Å²) in [6, 6.07) is 4.24. The van der Waals surface area contributed by atoms with Gasteiger partial charge in [0, 0.05) is 31.1 Å². The molecular weight excluding hydrogens is 288 g/mol. The maximum Gasteiger partial charge on any atom is 0.0826 e. The fourth-order valence-corrected chi connectivity index (χ4v) is 3.25. The lowest BCUT2D eigenvalue weighted by Crippen LogP contribution is -2.44. The van der Waals surface area contributed by atoms with E-state index in [0.717, 1.165) is 32.8 Å². The normalized spacial score (nSPS) is 22.5. The summed E-state index contributed by atoms with van der Waals surface area (Å²) in [5.41, 5.74) is 0. The van der Waals surface area contributed by atoms with Crippen molar-refractivity contribution in [2.24, 2.45) is 0 Å². The Kier molecular flexibility index (Phi) is 4.79. The van der Waals surface area contributed by atoms with Gasteiger partial charge in [-0.25, -0.2) is 0 Å². The number of hydrogen-bond donors (Lipinski definition) is 1. The summed E-state index contributed by atoms with van der Waals surface area (Å²) in [7, 11) is 2.14. The van der Waals surface area contributed by atoms with E-state index in [4.69, 9.17) is 4.74 Å². The van der Waals surface area contributed by atoms with Crippen molar-refractivity contribution in [3.63, 3.8) is 0 Å². The van der Waals surface area contributed by atoms with E-state index in [9.17, 15) is 0 Å². The molecule has 1 N–H and O–H groups in total. The molecule has 1 fully saturated rings. The van der Waals surface area contributed by atoms with Crippen molar-refractivity contribution in [1.82, 2.24) is 10.2 Å². The van der Waals surface area contributed by atoms with Gasteiger partial charge in [-0.15, -0.1) is 11.3 Å². The number of nitrogens with zero attached hydrogens (tertiary/aromatic N) is 1. The molecule has 1 unspecified atom stereocenters. The van der Waals surface area contributed by atoms with Crippen LogP contribution in [0.15, 0.2) is 15.9 Å². The molecule has 0 bridgehead atoms. The van der Waals surface area contributed by atoms with Crippen LogP contribution in [-0.4, -0.2) is 44.3 Å². The maximum atomic E-state index is 5.68. The number of morpholine rings is 1. The van der Waals surface area contributed by atoms with E-state index in [1.807, 2.05) is 0 Å². The number of halogens is 1. The van der Waals surface area contributed by atoms with Crippen molar-refractivity contribution in [1.29, 1.82) is 0 Å². The van der Waals surface area contributed by atoms with Crippen LogP contribution < -0.4 is 5.32 Å². The molecule has 0 aromatic carbocycles. The third-order valence-corrected chi connectivity index (χ3v) is 4.27. The quantitative estimate of drug-likeness (QED) is 0.920. The van der Waals surface area contributed by atoms with Gasteiger partial charge in [0.05, 0.1) is 16.5 Å². The molecular formula is C11H17BrN2OS. The van der Waals surface area contributed by atoms with Gasteiger partial charge in [-0.1, -0.05) is 0 Å². The van der Waals surface area contributed by atoms with E-state index >= 15 is 0 Å². The Hall–Kier alpha value is 0.0600. The molecule has 1 saturated heterocycles. The summed E-state index contributed by atoms with van der Waals surface area (Å²) >= 11 is 5.25. The zero-order valence-corrected chi connectivity index (χ0v) is 11.8. The molecule has 1 aliphatic rings. The van der Waals surface area contributed by atoms with E-state index in [-0.39, 0.29) is 0 Å². The van der Waals surface area contributed by atoms with Crippen LogP contribution in [-0.2, 0) is 11.3 Å². The molecule has 1 aliphatic heterocycles. The molecule has 2 heterocycles. The van der Waals surface area contributed by atoms with Crippen molar-refractivity contribution in [3.05, 3.63) is 20.8 Å². The molecule has 2 rings (SSSR count). The Bertz CT molecular complexity index is 332. The summed E-state index contributed by atoms with van der Waals surface area (Å²) in [4.78, 5) is 3.67. The van der Waals surface area contributed by atoms with E-state index in [1.54, 1.807) is 11.3 Å². The number of thiophene rings is 1. The van der Waals surface area contributed by atoms with Crippen molar-refractivity contribution < 1.29 is 4.74 Å². The first-order valence-corrected chi connectivity index (χ1v) is 7.10. The highest BCUT2D eigenvalue weighted by molar-refractivity contribution is 9.11. The Labute approximate surface area is 109 Å². The molecule has 1 atom stereocenters. The number of nitrogens with one attached hydrogen (secondary N) is 1. The standard InChI is InChI=1S/C11H17BrN2OS/c1-14-4-5-15-9(8-14)6-13-7-10-2-3-11(12)16-10/h2-3,9,13H,4-8H2,1H3. The highest BCUT2D eigenvalue weighted by Gasteiger charge is 2.16. The van der Waals surface area contributed by atoms with Crippen LogP contribution in [0, 0.1) is 0 Å². The average Bonchev–Trinajstić information content (AvgIpc) is 2.64. The van der Waals surface area contributed by atoms with Crippen LogP contribution in [0.4, 0.5) is 0 Å². The van der Waals surface area contributed by atoms with Crippen LogP contribution in [0.25, 0.3) is 0 Å². The first-order chi connectivity index (χ1) is 7.74. The average molecular weight is 305 g/mol. The first kappa shape index (κ1) is 12.5. The fourth-order valence-electron chi connectivity index (χ4n) is 1.79. The molecule has 16 heavy (non-hydrogen) atoms. The Morgan fingerprint density at radius 2 is 2.50 bits per heavy atom. The van der Waals surface area contributed by atoms with Crippen LogP contribution in [0.5, 0.6) is 0 Å². The van der Waals surface area contributed by atoms with Gasteiger partial charge in [0.15, 0.2) is 0 Å². The Morgan fingerprint density at radius 3 is 3.19 bits per heavy atom. The predicted molar refractivity (Wildman–Crippen MR) is 71.0 cm³/mol. The molecule has 0 aliphatic carbocycles. The Morgan fingerprint density at radius 1 is 1.62 bits per heavy atom. The first-order valence-electron chi connectivity index (χ1n) is 5.49. The highest BCUT2D eigenvalue weighted by atomic mass is 79.9. The van der Waals surface area contributed by atoms with Crippen LogP contribution in [0.3, 0.4) is 0 Å². The number of ether oxygens (including phenoxy) is 1. The second-order valence-electron chi connectivity index (χ2n) is 4.09. The second kappa shape index (κ2) is 6.12. The van der Waals surface area contributed by atoms with Crippen molar-refractivity contribution in [2.75, 3.05) is 33.3 Å². The van der Waals surface area contributed by atoms with Gasteiger partial charge in [0.2, 0.25) is 0 Å². The Balaban J connectivity index is 1.67. The lowest BCUT2D eigenvalue weighted by Gasteiger charge is -2.30. The largest absolute Gasteiger partial charge is 0.374 e. The van der Waals surface area contributed by atoms with Gasteiger partial charge in [-0.2, -0.15) is 0 Å². The molecule has 1 aromatic heterocycles. The molecule has 0 spiro atoms. The molecule has 0 amide bonds. The van der Waals surface area contributed by atoms with E-state index in [0.29, 0.717) is 6.10 Å². The summed E-state index contributed by atoms with van der Waals surface area (Å²) < 4.78 is 6.87. The van der Waals surface area contributed by atoms with Crippen LogP contribution in [0.2, 0.25) is 0 Å². The topological polar surface area (TPSA) is 24.5 Å². The minimum Gasteiger partial charge on any atom is -0.374 e. The number of hydrogen-bond acceptors (Lipinski definition) is 4. The van der Waals surface area contributed by atoms with E-state index in [2.05, 4.69) is 45.3 Å². The van der Waals surface area contributed by atoms with Gasteiger partial charge < -0.3 is 15.0 Å². The minimum atomic E-state index is 0.335. The summed E-state index contributed by atoms with van der Waals surface area (Å²) in [5.74, 6) is 0. The summed E-state index contributed by atoms with van der Waals surface area (Å²) in [6.07, 6.45) is 0.335. The molecule has 90 valence electrons. The summed E-state index contributed by atoms with van der Waals surface area (Å²) in [5, 5.41) is 3.44. The smallest absolute Gasteiger partial charge is 0.0826 e. The van der Waals surface area contributed by atoms with Crippen LogP contribution in [0.1, 0.15) is 4.88 Å². The molecule has 3 nitrogen and oxygen atoms in total. The van der Waals surface area contributed by atoms with Gasteiger partial charge >= 0.3 is 0 Å². The zero-order chi connectivity index (χ0) is 11.4. The van der Waals surface area contributed by atoms with E-state index < -0.39 is 0 Å². The van der Waals surface area contributed by atoms with E-state index in [1.165, 1.54) is 8.66 Å². The van der Waals surface area contributed by atoms with Gasteiger partial charge in [-0.3, -0.25) is 0 Å². The third kappa shape index (κ3) is 3.82. The number of rotatable bonds is 4. The zero-order valence-electron chi connectivity index (χ0n) is 9.41. The second-order valence-corrected chi connectivity index (χ2v) is 6.64. The van der Waals surface area contributed by atoms with Gasteiger partial charge in [-0.05, 0) is 35.1 Å². The highest BCUT2D eigenvalue weighted by Crippen LogP contribution is 2.21. The lowest BCUT2D eigenvalue weighted by atomic mass is 10.3. The van der Waals surface area contributed by atoms with Crippen molar-refractivity contribution in [3.8, 4) is 0 Å². The van der Waals surface area contributed by atoms with Crippen molar-refractivity contribution >= 4 is 27.3 Å². The van der Waals surface area contributed by atoms with Gasteiger partial charge in [0.1, 0.15) is 0 Å². The number of likely N-dealkylation sites (N-methyl/N-ethyl adjacent to an activating group) is 1. The van der Waals surface area contributed by atoms with Crippen molar-refractivity contribution in [2.45, 2.75) is 12.6 Å². The lowest BCUT2D eigenvalue weighted by molar-refractivity contribution is -0.0181. The molecule has 0 radical (unpaired) electrons. The van der Waals surface area contributed by atoms with Crippen LogP contribution >= 0.6 is 27.3 Å². The fraction of sp³-hybridized carbons (Fsp3) is 0.636. The monoisotopic (exact) mass is 304 g/mol. The minimum absolute atomic E-state index is 0.335. The third-order valence-electron chi connectivity index (χ3n) is 2.64. The molecule has 1 aromatic rings. The molecule has 0 saturated carbocycles. The molecule has 5 heteroatoms. The summed E-state index contributed by atoms with van der Waals surface area (Å²) in [6.45, 7) is 4.79. The predicted octanol–water partition coefficient (Wildman–Crippen LogP) is 1.93.